The first-order valence-electron chi connectivity index (χ1n) is 7.07. The van der Waals surface area contributed by atoms with Crippen LogP contribution in [0.25, 0.3) is 10.9 Å². The lowest BCUT2D eigenvalue weighted by molar-refractivity contribution is 0.548. The molecule has 3 rings (SSSR count). The van der Waals surface area contributed by atoms with E-state index < -0.39 is 0 Å². The Morgan fingerprint density at radius 1 is 1.40 bits per heavy atom. The molecule has 0 amide bonds. The van der Waals surface area contributed by atoms with Crippen LogP contribution >= 0.6 is 23.5 Å². The molecule has 2 heterocycles. The maximum absolute atomic E-state index is 4.73. The van der Waals surface area contributed by atoms with Gasteiger partial charge in [0.2, 0.25) is 0 Å². The summed E-state index contributed by atoms with van der Waals surface area (Å²) in [5.41, 5.74) is 2.45. The highest BCUT2D eigenvalue weighted by Gasteiger charge is 2.25. The van der Waals surface area contributed by atoms with E-state index in [4.69, 9.17) is 5.10 Å². The number of fused-ring (bicyclic) bond motifs is 1. The number of thioether (sulfide) groups is 2. The van der Waals surface area contributed by atoms with Gasteiger partial charge in [0.05, 0.1) is 11.2 Å². The molecule has 20 heavy (non-hydrogen) atoms. The maximum Gasteiger partial charge on any atom is 0.0719 e. The average molecular weight is 307 g/mol. The summed E-state index contributed by atoms with van der Waals surface area (Å²) in [6, 6.07) is 9.02. The number of aromatic nitrogens is 2. The summed E-state index contributed by atoms with van der Waals surface area (Å²) in [5, 5.41) is 10.2. The van der Waals surface area contributed by atoms with Gasteiger partial charge in [-0.2, -0.15) is 28.6 Å². The summed E-state index contributed by atoms with van der Waals surface area (Å²) in [4.78, 5) is 0. The number of aryl methyl sites for hydroxylation is 1. The fraction of sp³-hybridized carbons (Fsp3) is 0.533. The molecule has 1 fully saturated rings. The number of hydrogen-bond donors (Lipinski definition) is 1. The van der Waals surface area contributed by atoms with Gasteiger partial charge in [-0.1, -0.05) is 18.2 Å². The smallest absolute Gasteiger partial charge is 0.0719 e. The Hall–Kier alpha value is -0.650. The number of para-hydroxylation sites is 1. The third-order valence-electron chi connectivity index (χ3n) is 3.91. The zero-order valence-electron chi connectivity index (χ0n) is 12.0. The number of likely N-dealkylation sites (N-methyl/N-ethyl adjacent to an activating group) is 1. The van der Waals surface area contributed by atoms with Crippen molar-refractivity contribution < 1.29 is 0 Å². The zero-order chi connectivity index (χ0) is 13.9. The molecule has 1 aliphatic rings. The van der Waals surface area contributed by atoms with E-state index in [0.29, 0.717) is 11.3 Å². The largest absolute Gasteiger partial charge is 0.315 e. The van der Waals surface area contributed by atoms with Crippen LogP contribution in [0.15, 0.2) is 24.3 Å². The van der Waals surface area contributed by atoms with Crippen molar-refractivity contribution in [3.05, 3.63) is 30.0 Å². The number of rotatable bonds is 4. The standard InChI is InChI=1S/C15H21N3S2/c1-16-13(15-10-19-7-8-20-15)9-12-11-5-3-4-6-14(11)18(2)17-12/h3-6,13,15-16H,7-10H2,1-2H3. The van der Waals surface area contributed by atoms with Crippen molar-refractivity contribution in [1.29, 1.82) is 0 Å². The molecule has 1 aromatic heterocycles. The highest BCUT2D eigenvalue weighted by molar-refractivity contribution is 8.06. The minimum absolute atomic E-state index is 0.506. The maximum atomic E-state index is 4.73. The van der Waals surface area contributed by atoms with Gasteiger partial charge in [0.25, 0.3) is 0 Å². The molecule has 0 aliphatic carbocycles. The van der Waals surface area contributed by atoms with E-state index in [2.05, 4.69) is 60.2 Å². The van der Waals surface area contributed by atoms with Crippen LogP contribution in [0.2, 0.25) is 0 Å². The first kappa shape index (κ1) is 14.3. The van der Waals surface area contributed by atoms with Crippen LogP contribution in [0.4, 0.5) is 0 Å². The van der Waals surface area contributed by atoms with E-state index in [1.54, 1.807) is 0 Å². The monoisotopic (exact) mass is 307 g/mol. The van der Waals surface area contributed by atoms with E-state index in [1.807, 2.05) is 11.7 Å². The van der Waals surface area contributed by atoms with E-state index in [-0.39, 0.29) is 0 Å². The van der Waals surface area contributed by atoms with Crippen molar-refractivity contribution in [2.24, 2.45) is 7.05 Å². The minimum Gasteiger partial charge on any atom is -0.315 e. The van der Waals surface area contributed by atoms with Crippen LogP contribution in [0.1, 0.15) is 5.69 Å². The fourth-order valence-electron chi connectivity index (χ4n) is 2.81. The van der Waals surface area contributed by atoms with Crippen LogP contribution in [0.5, 0.6) is 0 Å². The van der Waals surface area contributed by atoms with Crippen LogP contribution in [-0.4, -0.2) is 45.4 Å². The van der Waals surface area contributed by atoms with Crippen molar-refractivity contribution in [3.63, 3.8) is 0 Å². The predicted octanol–water partition coefficient (Wildman–Crippen LogP) is 2.55. The normalized spacial score (nSPS) is 21.2. The van der Waals surface area contributed by atoms with Gasteiger partial charge in [-0.25, -0.2) is 0 Å². The van der Waals surface area contributed by atoms with Crippen molar-refractivity contribution in [2.75, 3.05) is 24.3 Å². The van der Waals surface area contributed by atoms with Crippen LogP contribution in [0.3, 0.4) is 0 Å². The van der Waals surface area contributed by atoms with Crippen LogP contribution < -0.4 is 5.32 Å². The molecule has 1 N–H and O–H groups in total. The number of nitrogens with one attached hydrogen (secondary N) is 1. The number of benzene rings is 1. The molecule has 0 bridgehead atoms. The summed E-state index contributed by atoms with van der Waals surface area (Å²) >= 11 is 4.19. The number of hydrogen-bond acceptors (Lipinski definition) is 4. The molecule has 1 saturated heterocycles. The van der Waals surface area contributed by atoms with E-state index >= 15 is 0 Å². The van der Waals surface area contributed by atoms with E-state index in [0.717, 1.165) is 6.42 Å². The van der Waals surface area contributed by atoms with E-state index in [9.17, 15) is 0 Å². The van der Waals surface area contributed by atoms with Gasteiger partial charge in [0, 0.05) is 47.4 Å². The minimum atomic E-state index is 0.506. The van der Waals surface area contributed by atoms with Gasteiger partial charge in [-0.15, -0.1) is 0 Å². The molecule has 2 unspecified atom stereocenters. The molecular formula is C15H21N3S2. The van der Waals surface area contributed by atoms with Crippen LogP contribution in [0, 0.1) is 0 Å². The second-order valence-electron chi connectivity index (χ2n) is 5.17. The van der Waals surface area contributed by atoms with Crippen LogP contribution in [-0.2, 0) is 13.5 Å². The summed E-state index contributed by atoms with van der Waals surface area (Å²) in [5.74, 6) is 3.82. The SMILES string of the molecule is CNC(Cc1nn(C)c2ccccc12)C1CSCCS1. The third-order valence-corrected chi connectivity index (χ3v) is 6.83. The second-order valence-corrected chi connectivity index (χ2v) is 7.67. The van der Waals surface area contributed by atoms with Gasteiger partial charge in [0.1, 0.15) is 0 Å². The van der Waals surface area contributed by atoms with Gasteiger partial charge < -0.3 is 5.32 Å². The lowest BCUT2D eigenvalue weighted by Gasteiger charge is -2.28. The van der Waals surface area contributed by atoms with Crippen molar-refractivity contribution in [3.8, 4) is 0 Å². The highest BCUT2D eigenvalue weighted by atomic mass is 32.2. The molecule has 1 aliphatic heterocycles. The Kier molecular flexibility index (Phi) is 4.58. The molecule has 0 spiro atoms. The second kappa shape index (κ2) is 6.41. The van der Waals surface area contributed by atoms with Gasteiger partial charge in [-0.05, 0) is 13.1 Å². The summed E-state index contributed by atoms with van der Waals surface area (Å²) in [7, 11) is 4.11. The molecule has 2 atom stereocenters. The molecular weight excluding hydrogens is 286 g/mol. The van der Waals surface area contributed by atoms with Gasteiger partial charge in [0.15, 0.2) is 0 Å². The summed E-state index contributed by atoms with van der Waals surface area (Å²) in [6.07, 6.45) is 1.01. The summed E-state index contributed by atoms with van der Waals surface area (Å²) in [6.45, 7) is 0. The highest BCUT2D eigenvalue weighted by Crippen LogP contribution is 2.28. The quantitative estimate of drug-likeness (QED) is 0.940. The van der Waals surface area contributed by atoms with Crippen molar-refractivity contribution in [1.82, 2.24) is 15.1 Å². The molecule has 3 nitrogen and oxygen atoms in total. The Balaban J connectivity index is 1.83. The first-order valence-corrected chi connectivity index (χ1v) is 9.27. The first-order chi connectivity index (χ1) is 9.79. The molecule has 5 heteroatoms. The lowest BCUT2D eigenvalue weighted by Crippen LogP contribution is -2.40. The zero-order valence-corrected chi connectivity index (χ0v) is 13.6. The van der Waals surface area contributed by atoms with Gasteiger partial charge >= 0.3 is 0 Å². The van der Waals surface area contributed by atoms with Crippen molar-refractivity contribution in [2.45, 2.75) is 17.7 Å². The Labute approximate surface area is 128 Å². The molecule has 108 valence electrons. The molecule has 1 aromatic carbocycles. The van der Waals surface area contributed by atoms with Gasteiger partial charge in [-0.3, -0.25) is 4.68 Å². The Bertz CT molecular complexity index is 576. The fourth-order valence-corrected chi connectivity index (χ4v) is 5.73. The van der Waals surface area contributed by atoms with E-state index in [1.165, 1.54) is 33.9 Å². The van der Waals surface area contributed by atoms with Crippen molar-refractivity contribution >= 4 is 34.4 Å². The average Bonchev–Trinajstić information content (AvgIpc) is 2.82. The third kappa shape index (κ3) is 2.85. The molecule has 0 saturated carbocycles. The Morgan fingerprint density at radius 2 is 2.25 bits per heavy atom. The number of nitrogens with zero attached hydrogens (tertiary/aromatic N) is 2. The Morgan fingerprint density at radius 3 is 3.00 bits per heavy atom. The molecule has 0 radical (unpaired) electrons. The molecule has 2 aromatic rings. The predicted molar refractivity (Wildman–Crippen MR) is 90.8 cm³/mol. The summed E-state index contributed by atoms with van der Waals surface area (Å²) < 4.78 is 2.00. The lowest BCUT2D eigenvalue weighted by atomic mass is 10.1. The topological polar surface area (TPSA) is 29.9 Å².